The molecular weight excluding hydrogens is 258 g/mol. The molecule has 2 aromatic rings. The van der Waals surface area contributed by atoms with Crippen molar-refractivity contribution in [1.82, 2.24) is 0 Å². The molecule has 20 heavy (non-hydrogen) atoms. The highest BCUT2D eigenvalue weighted by atomic mass is 19.1. The second-order valence-corrected chi connectivity index (χ2v) is 5.71. The first-order valence-electron chi connectivity index (χ1n) is 6.70. The van der Waals surface area contributed by atoms with E-state index in [9.17, 15) is 8.78 Å². The van der Waals surface area contributed by atoms with E-state index >= 15 is 0 Å². The van der Waals surface area contributed by atoms with Crippen LogP contribution in [0.25, 0.3) is 0 Å². The SMILES string of the molecule is CC1(C)Oc2ccccc2CC1c1c(F)cccc1F. The van der Waals surface area contributed by atoms with Crippen molar-refractivity contribution in [3.05, 3.63) is 65.2 Å². The summed E-state index contributed by atoms with van der Waals surface area (Å²) in [5.41, 5.74) is 0.448. The number of hydrogen-bond acceptors (Lipinski definition) is 1. The highest BCUT2D eigenvalue weighted by Gasteiger charge is 2.40. The van der Waals surface area contributed by atoms with Crippen LogP contribution in [-0.4, -0.2) is 5.60 Å². The zero-order valence-corrected chi connectivity index (χ0v) is 11.5. The van der Waals surface area contributed by atoms with Gasteiger partial charge in [0.2, 0.25) is 0 Å². The number of fused-ring (bicyclic) bond motifs is 1. The van der Waals surface area contributed by atoms with Gasteiger partial charge in [0.15, 0.2) is 0 Å². The van der Waals surface area contributed by atoms with Crippen molar-refractivity contribution in [2.45, 2.75) is 31.8 Å². The Hall–Kier alpha value is -1.90. The van der Waals surface area contributed by atoms with E-state index in [0.29, 0.717) is 6.42 Å². The summed E-state index contributed by atoms with van der Waals surface area (Å²) in [6.45, 7) is 3.75. The number of hydrogen-bond donors (Lipinski definition) is 0. The molecule has 0 fully saturated rings. The normalized spacial score (nSPS) is 20.1. The first-order chi connectivity index (χ1) is 9.49. The Morgan fingerprint density at radius 2 is 1.65 bits per heavy atom. The van der Waals surface area contributed by atoms with Gasteiger partial charge in [0.1, 0.15) is 23.0 Å². The summed E-state index contributed by atoms with van der Waals surface area (Å²) >= 11 is 0. The van der Waals surface area contributed by atoms with E-state index in [1.807, 2.05) is 38.1 Å². The van der Waals surface area contributed by atoms with Crippen LogP contribution in [-0.2, 0) is 6.42 Å². The van der Waals surface area contributed by atoms with Crippen molar-refractivity contribution < 1.29 is 13.5 Å². The van der Waals surface area contributed by atoms with Gasteiger partial charge in [-0.1, -0.05) is 24.3 Å². The van der Waals surface area contributed by atoms with Crippen molar-refractivity contribution in [3.8, 4) is 5.75 Å². The first kappa shape index (κ1) is 13.1. The second kappa shape index (κ2) is 4.58. The molecule has 0 radical (unpaired) electrons. The molecule has 0 aliphatic carbocycles. The van der Waals surface area contributed by atoms with E-state index in [1.165, 1.54) is 18.2 Å². The molecular formula is C17H16F2O. The lowest BCUT2D eigenvalue weighted by atomic mass is 9.77. The minimum Gasteiger partial charge on any atom is -0.487 e. The van der Waals surface area contributed by atoms with E-state index in [2.05, 4.69) is 0 Å². The van der Waals surface area contributed by atoms with Crippen LogP contribution < -0.4 is 4.74 Å². The molecule has 3 heteroatoms. The minimum atomic E-state index is -0.655. The first-order valence-corrected chi connectivity index (χ1v) is 6.70. The molecule has 104 valence electrons. The Kier molecular flexibility index (Phi) is 3.00. The van der Waals surface area contributed by atoms with Gasteiger partial charge in [-0.05, 0) is 44.0 Å². The van der Waals surface area contributed by atoms with E-state index in [1.54, 1.807) is 0 Å². The highest BCUT2D eigenvalue weighted by Crippen LogP contribution is 2.43. The summed E-state index contributed by atoms with van der Waals surface area (Å²) in [7, 11) is 0. The molecule has 1 aliphatic heterocycles. The highest BCUT2D eigenvalue weighted by molar-refractivity contribution is 5.40. The molecule has 1 nitrogen and oxygen atoms in total. The van der Waals surface area contributed by atoms with Gasteiger partial charge < -0.3 is 4.74 Å². The third-order valence-electron chi connectivity index (χ3n) is 3.96. The van der Waals surface area contributed by atoms with Crippen LogP contribution >= 0.6 is 0 Å². The topological polar surface area (TPSA) is 9.23 Å². The van der Waals surface area contributed by atoms with Crippen LogP contribution in [0, 0.1) is 11.6 Å². The van der Waals surface area contributed by atoms with E-state index in [0.717, 1.165) is 11.3 Å². The fourth-order valence-corrected chi connectivity index (χ4v) is 2.89. The van der Waals surface area contributed by atoms with Crippen LogP contribution in [0.3, 0.4) is 0 Å². The van der Waals surface area contributed by atoms with Crippen LogP contribution in [0.5, 0.6) is 5.75 Å². The molecule has 0 N–H and O–H groups in total. The zero-order valence-electron chi connectivity index (χ0n) is 11.5. The molecule has 0 amide bonds. The van der Waals surface area contributed by atoms with Crippen LogP contribution in [0.15, 0.2) is 42.5 Å². The van der Waals surface area contributed by atoms with Crippen molar-refractivity contribution in [2.24, 2.45) is 0 Å². The molecule has 3 rings (SSSR count). The third-order valence-corrected chi connectivity index (χ3v) is 3.96. The largest absolute Gasteiger partial charge is 0.487 e. The zero-order chi connectivity index (χ0) is 14.3. The summed E-state index contributed by atoms with van der Waals surface area (Å²) in [4.78, 5) is 0. The third kappa shape index (κ3) is 2.07. The summed E-state index contributed by atoms with van der Waals surface area (Å²) in [5.74, 6) is -0.568. The Morgan fingerprint density at radius 3 is 2.35 bits per heavy atom. The Morgan fingerprint density at radius 1 is 1.00 bits per heavy atom. The lowest BCUT2D eigenvalue weighted by molar-refractivity contribution is 0.0586. The molecule has 1 heterocycles. The summed E-state index contributed by atoms with van der Waals surface area (Å²) in [5, 5.41) is 0. The van der Waals surface area contributed by atoms with Crippen molar-refractivity contribution in [1.29, 1.82) is 0 Å². The molecule has 1 atom stereocenters. The summed E-state index contributed by atoms with van der Waals surface area (Å²) in [6, 6.07) is 11.6. The number of halogens is 2. The van der Waals surface area contributed by atoms with Gasteiger partial charge in [-0.25, -0.2) is 8.78 Å². The van der Waals surface area contributed by atoms with Crippen LogP contribution in [0.2, 0.25) is 0 Å². The number of benzene rings is 2. The molecule has 2 aromatic carbocycles. The second-order valence-electron chi connectivity index (χ2n) is 5.71. The lowest BCUT2D eigenvalue weighted by Gasteiger charge is -2.40. The van der Waals surface area contributed by atoms with Gasteiger partial charge in [0, 0.05) is 11.5 Å². The number of ether oxygens (including phenoxy) is 1. The molecule has 0 aromatic heterocycles. The fraction of sp³-hybridized carbons (Fsp3) is 0.294. The Balaban J connectivity index is 2.10. The average molecular weight is 274 g/mol. The van der Waals surface area contributed by atoms with Gasteiger partial charge in [0.05, 0.1) is 0 Å². The van der Waals surface area contributed by atoms with E-state index in [4.69, 9.17) is 4.74 Å². The average Bonchev–Trinajstić information content (AvgIpc) is 2.38. The van der Waals surface area contributed by atoms with Gasteiger partial charge in [0.25, 0.3) is 0 Å². The van der Waals surface area contributed by atoms with E-state index < -0.39 is 17.2 Å². The number of rotatable bonds is 1. The van der Waals surface area contributed by atoms with Crippen LogP contribution in [0.1, 0.15) is 30.9 Å². The molecule has 0 saturated heterocycles. The predicted molar refractivity (Wildman–Crippen MR) is 74.0 cm³/mol. The van der Waals surface area contributed by atoms with Crippen LogP contribution in [0.4, 0.5) is 8.78 Å². The fourth-order valence-electron chi connectivity index (χ4n) is 2.89. The van der Waals surface area contributed by atoms with Crippen molar-refractivity contribution in [2.75, 3.05) is 0 Å². The quantitative estimate of drug-likeness (QED) is 0.746. The summed E-state index contributed by atoms with van der Waals surface area (Å²) < 4.78 is 34.1. The molecule has 0 bridgehead atoms. The summed E-state index contributed by atoms with van der Waals surface area (Å²) in [6.07, 6.45) is 0.570. The van der Waals surface area contributed by atoms with Gasteiger partial charge >= 0.3 is 0 Å². The smallest absolute Gasteiger partial charge is 0.129 e. The molecule has 0 spiro atoms. The van der Waals surface area contributed by atoms with Gasteiger partial charge in [-0.3, -0.25) is 0 Å². The Labute approximate surface area is 117 Å². The van der Waals surface area contributed by atoms with Gasteiger partial charge in [-0.2, -0.15) is 0 Å². The monoisotopic (exact) mass is 274 g/mol. The van der Waals surface area contributed by atoms with Crippen molar-refractivity contribution >= 4 is 0 Å². The minimum absolute atomic E-state index is 0.118. The Bertz CT molecular complexity index is 629. The standard InChI is InChI=1S/C17H16F2O/c1-17(2)12(16-13(18)7-5-8-14(16)19)10-11-6-3-4-9-15(11)20-17/h3-9,12H,10H2,1-2H3. The predicted octanol–water partition coefficient (Wildman–Crippen LogP) is 4.46. The maximum Gasteiger partial charge on any atom is 0.129 e. The maximum atomic E-state index is 14.1. The maximum absolute atomic E-state index is 14.1. The number of para-hydroxylation sites is 1. The van der Waals surface area contributed by atoms with Gasteiger partial charge in [-0.15, -0.1) is 0 Å². The lowest BCUT2D eigenvalue weighted by Crippen LogP contribution is -2.41. The van der Waals surface area contributed by atoms with Crippen molar-refractivity contribution in [3.63, 3.8) is 0 Å². The molecule has 0 saturated carbocycles. The molecule has 1 aliphatic rings. The van der Waals surface area contributed by atoms with E-state index in [-0.39, 0.29) is 11.5 Å². The molecule has 1 unspecified atom stereocenters.